The van der Waals surface area contributed by atoms with Crippen LogP contribution in [0.25, 0.3) is 0 Å². The van der Waals surface area contributed by atoms with E-state index in [1.165, 1.54) is 29.9 Å². The molecule has 0 unspecified atom stereocenters. The molecule has 7 heteroatoms. The summed E-state index contributed by atoms with van der Waals surface area (Å²) in [4.78, 5) is 13.2. The molecule has 0 spiro atoms. The van der Waals surface area contributed by atoms with Crippen LogP contribution in [0.2, 0.25) is 0 Å². The molecule has 0 atom stereocenters. The van der Waals surface area contributed by atoms with Crippen molar-refractivity contribution in [3.8, 4) is 0 Å². The summed E-state index contributed by atoms with van der Waals surface area (Å²) >= 11 is 1.52. The smallest absolute Gasteiger partial charge is 0.230 e. The molecule has 0 aliphatic heterocycles. The third kappa shape index (κ3) is 6.48. The Hall–Kier alpha value is -1.83. The van der Waals surface area contributed by atoms with Gasteiger partial charge in [-0.15, -0.1) is 11.8 Å². The maximum Gasteiger partial charge on any atom is 0.230 e. The van der Waals surface area contributed by atoms with Gasteiger partial charge in [-0.1, -0.05) is 42.0 Å². The van der Waals surface area contributed by atoms with Crippen LogP contribution >= 0.6 is 11.8 Å². The topological polar surface area (TPSA) is 75.3 Å². The third-order valence-corrected chi connectivity index (χ3v) is 6.38. The highest BCUT2D eigenvalue weighted by Crippen LogP contribution is 2.22. The lowest BCUT2D eigenvalue weighted by Gasteiger charge is -2.08. The van der Waals surface area contributed by atoms with Crippen LogP contribution in [0.5, 0.6) is 0 Å². The molecule has 0 saturated carbocycles. The number of nitrogens with one attached hydrogen (secondary N) is 2. The second-order valence-corrected chi connectivity index (χ2v) is 9.06. The Labute approximate surface area is 159 Å². The highest BCUT2D eigenvalue weighted by Gasteiger charge is 2.09. The molecule has 0 heterocycles. The molecule has 140 valence electrons. The first-order valence-corrected chi connectivity index (χ1v) is 10.9. The first-order valence-electron chi connectivity index (χ1n) is 8.25. The normalized spacial score (nSPS) is 11.3. The molecule has 0 aliphatic carbocycles. The summed E-state index contributed by atoms with van der Waals surface area (Å²) in [7, 11) is -1.88. The van der Waals surface area contributed by atoms with E-state index in [4.69, 9.17) is 0 Å². The number of hydrogen-bond acceptors (Lipinski definition) is 4. The first-order chi connectivity index (χ1) is 12.3. The molecule has 5 nitrogen and oxygen atoms in total. The first kappa shape index (κ1) is 20.5. The van der Waals surface area contributed by atoms with Crippen LogP contribution in [-0.2, 0) is 27.1 Å². The van der Waals surface area contributed by atoms with E-state index < -0.39 is 10.0 Å². The van der Waals surface area contributed by atoms with E-state index in [2.05, 4.69) is 16.1 Å². The van der Waals surface area contributed by atoms with Crippen molar-refractivity contribution in [2.24, 2.45) is 0 Å². The summed E-state index contributed by atoms with van der Waals surface area (Å²) < 4.78 is 25.4. The lowest BCUT2D eigenvalue weighted by Crippen LogP contribution is -2.24. The van der Waals surface area contributed by atoms with E-state index in [0.29, 0.717) is 17.9 Å². The summed E-state index contributed by atoms with van der Waals surface area (Å²) in [6.07, 6.45) is 0. The van der Waals surface area contributed by atoms with Crippen molar-refractivity contribution in [3.05, 3.63) is 64.7 Å². The van der Waals surface area contributed by atoms with Crippen LogP contribution in [0.3, 0.4) is 0 Å². The van der Waals surface area contributed by atoms with Gasteiger partial charge in [-0.25, -0.2) is 13.1 Å². The van der Waals surface area contributed by atoms with Gasteiger partial charge in [0.25, 0.3) is 0 Å². The number of sulfonamides is 1. The second kappa shape index (κ2) is 9.21. The van der Waals surface area contributed by atoms with Crippen molar-refractivity contribution in [1.82, 2.24) is 10.0 Å². The molecular weight excluding hydrogens is 368 g/mol. The molecule has 0 aromatic heterocycles. The minimum Gasteiger partial charge on any atom is -0.351 e. The highest BCUT2D eigenvalue weighted by molar-refractivity contribution is 8.00. The zero-order valence-corrected chi connectivity index (χ0v) is 16.8. The van der Waals surface area contributed by atoms with Gasteiger partial charge < -0.3 is 5.32 Å². The average Bonchev–Trinajstić information content (AvgIpc) is 2.60. The van der Waals surface area contributed by atoms with Gasteiger partial charge in [0.1, 0.15) is 0 Å². The monoisotopic (exact) mass is 392 g/mol. The van der Waals surface area contributed by atoms with Crippen molar-refractivity contribution in [2.45, 2.75) is 31.0 Å². The summed E-state index contributed by atoms with van der Waals surface area (Å²) in [5.41, 5.74) is 4.03. The van der Waals surface area contributed by atoms with Crippen molar-refractivity contribution in [1.29, 1.82) is 0 Å². The van der Waals surface area contributed by atoms with E-state index in [1.54, 1.807) is 12.1 Å². The molecule has 0 aliphatic rings. The third-order valence-electron chi connectivity index (χ3n) is 3.87. The quantitative estimate of drug-likeness (QED) is 0.678. The second-order valence-electron chi connectivity index (χ2n) is 6.11. The molecule has 0 bridgehead atoms. The van der Waals surface area contributed by atoms with Crippen molar-refractivity contribution >= 4 is 27.7 Å². The van der Waals surface area contributed by atoms with Crippen molar-refractivity contribution < 1.29 is 13.2 Å². The molecular formula is C19H24N2O3S2. The van der Waals surface area contributed by atoms with Gasteiger partial charge in [0.2, 0.25) is 15.9 Å². The number of amides is 1. The molecule has 0 radical (unpaired) electrons. The molecule has 0 saturated heterocycles. The molecule has 26 heavy (non-hydrogen) atoms. The largest absolute Gasteiger partial charge is 0.351 e. The van der Waals surface area contributed by atoms with Gasteiger partial charge in [0, 0.05) is 11.4 Å². The van der Waals surface area contributed by atoms with Crippen LogP contribution in [0, 0.1) is 13.8 Å². The molecule has 0 fully saturated rings. The fraction of sp³-hybridized carbons (Fsp3) is 0.316. The van der Waals surface area contributed by atoms with Crippen LogP contribution in [0.15, 0.2) is 47.4 Å². The Morgan fingerprint density at radius 2 is 1.69 bits per heavy atom. The molecule has 2 rings (SSSR count). The van der Waals surface area contributed by atoms with E-state index in [9.17, 15) is 13.2 Å². The molecule has 1 amide bonds. The molecule has 2 aromatic rings. The van der Waals surface area contributed by atoms with Crippen LogP contribution < -0.4 is 10.0 Å². The highest BCUT2D eigenvalue weighted by atomic mass is 32.2. The van der Waals surface area contributed by atoms with E-state index in [0.717, 1.165) is 10.5 Å². The lowest BCUT2D eigenvalue weighted by molar-refractivity contribution is -0.118. The summed E-state index contributed by atoms with van der Waals surface area (Å²) in [5.74, 6) is 0.280. The molecule has 2 N–H and O–H groups in total. The van der Waals surface area contributed by atoms with Gasteiger partial charge >= 0.3 is 0 Å². The van der Waals surface area contributed by atoms with Gasteiger partial charge in [0.15, 0.2) is 0 Å². The number of carbonyl (C=O) groups excluding carboxylic acids is 1. The summed E-state index contributed by atoms with van der Waals surface area (Å²) in [6.45, 7) is 4.52. The number of thioether (sulfide) groups is 1. The number of carbonyl (C=O) groups is 1. The molecule has 2 aromatic carbocycles. The Balaban J connectivity index is 1.81. The Morgan fingerprint density at radius 1 is 1.04 bits per heavy atom. The lowest BCUT2D eigenvalue weighted by atomic mass is 10.1. The van der Waals surface area contributed by atoms with E-state index >= 15 is 0 Å². The fourth-order valence-electron chi connectivity index (χ4n) is 2.40. The maximum atomic E-state index is 12.0. The Morgan fingerprint density at radius 3 is 2.31 bits per heavy atom. The average molecular weight is 393 g/mol. The zero-order valence-electron chi connectivity index (χ0n) is 15.2. The Bertz CT molecular complexity index is 863. The van der Waals surface area contributed by atoms with Crippen molar-refractivity contribution in [3.63, 3.8) is 0 Å². The van der Waals surface area contributed by atoms with Crippen LogP contribution in [-0.4, -0.2) is 27.1 Å². The van der Waals surface area contributed by atoms with Gasteiger partial charge in [-0.05, 0) is 43.7 Å². The van der Waals surface area contributed by atoms with E-state index in [-0.39, 0.29) is 11.7 Å². The van der Waals surface area contributed by atoms with Gasteiger partial charge in [-0.3, -0.25) is 4.79 Å². The van der Waals surface area contributed by atoms with Crippen LogP contribution in [0.1, 0.15) is 22.3 Å². The summed E-state index contributed by atoms with van der Waals surface area (Å²) in [5, 5.41) is 2.89. The summed E-state index contributed by atoms with van der Waals surface area (Å²) in [6, 6.07) is 13.4. The van der Waals surface area contributed by atoms with E-state index in [1.807, 2.05) is 38.1 Å². The predicted molar refractivity (Wildman–Crippen MR) is 107 cm³/mol. The number of benzene rings is 2. The minimum atomic E-state index is -3.27. The number of rotatable bonds is 8. The van der Waals surface area contributed by atoms with Crippen molar-refractivity contribution in [2.75, 3.05) is 12.8 Å². The minimum absolute atomic E-state index is 0.0307. The van der Waals surface area contributed by atoms with Gasteiger partial charge in [0.05, 0.1) is 11.5 Å². The SMILES string of the molecule is CNS(=O)(=O)Cc1ccc(CNC(=O)CSc2ccc(C)cc2C)cc1. The number of hydrogen-bond donors (Lipinski definition) is 2. The van der Waals surface area contributed by atoms with Gasteiger partial charge in [-0.2, -0.15) is 0 Å². The zero-order chi connectivity index (χ0) is 19.2. The predicted octanol–water partition coefficient (Wildman–Crippen LogP) is 2.76. The fourth-order valence-corrected chi connectivity index (χ4v) is 4.02. The maximum absolute atomic E-state index is 12.0. The van der Waals surface area contributed by atoms with Crippen LogP contribution in [0.4, 0.5) is 0 Å². The number of aryl methyl sites for hydroxylation is 2. The standard InChI is InChI=1S/C19H24N2O3S2/c1-14-4-9-18(15(2)10-14)25-12-19(22)21-11-16-5-7-17(8-6-16)13-26(23,24)20-3/h4-10,20H,11-13H2,1-3H3,(H,21,22). The Kier molecular flexibility index (Phi) is 7.25.